The molecule has 0 saturated heterocycles. The van der Waals surface area contributed by atoms with E-state index < -0.39 is 0 Å². The van der Waals surface area contributed by atoms with Gasteiger partial charge in [-0.15, -0.1) is 0 Å². The van der Waals surface area contributed by atoms with Gasteiger partial charge in [-0.05, 0) is 36.4 Å². The standard InChI is InChI=1S/C16H13ClN2O/c17-15-6-4-13(18)8-12(15)10-20-14-5-3-11-2-1-7-19-16(11)9-14/h1-9H,10,18H2. The van der Waals surface area contributed by atoms with Gasteiger partial charge in [0.15, 0.2) is 0 Å². The Kier molecular flexibility index (Phi) is 3.44. The van der Waals surface area contributed by atoms with Crippen LogP contribution in [0, 0.1) is 0 Å². The van der Waals surface area contributed by atoms with Crippen molar-refractivity contribution in [3.63, 3.8) is 0 Å². The Bertz CT molecular complexity index is 758. The lowest BCUT2D eigenvalue weighted by atomic mass is 10.2. The number of nitrogen functional groups attached to an aromatic ring is 1. The van der Waals surface area contributed by atoms with Crippen molar-refractivity contribution < 1.29 is 4.74 Å². The third kappa shape index (κ3) is 2.68. The van der Waals surface area contributed by atoms with Crippen LogP contribution in [-0.4, -0.2) is 4.98 Å². The zero-order chi connectivity index (χ0) is 13.9. The molecule has 3 rings (SSSR count). The van der Waals surface area contributed by atoms with Gasteiger partial charge in [-0.3, -0.25) is 4.98 Å². The van der Waals surface area contributed by atoms with Crippen LogP contribution >= 0.6 is 11.6 Å². The topological polar surface area (TPSA) is 48.1 Å². The van der Waals surface area contributed by atoms with E-state index in [9.17, 15) is 0 Å². The predicted octanol–water partition coefficient (Wildman–Crippen LogP) is 4.05. The number of halogens is 1. The van der Waals surface area contributed by atoms with Crippen LogP contribution in [0.2, 0.25) is 5.02 Å². The summed E-state index contributed by atoms with van der Waals surface area (Å²) in [6.45, 7) is 0.377. The van der Waals surface area contributed by atoms with Crippen LogP contribution in [0.4, 0.5) is 5.69 Å². The molecule has 2 aromatic carbocycles. The molecule has 0 atom stereocenters. The van der Waals surface area contributed by atoms with Gasteiger partial charge < -0.3 is 10.5 Å². The van der Waals surface area contributed by atoms with E-state index in [4.69, 9.17) is 22.1 Å². The second kappa shape index (κ2) is 5.39. The minimum atomic E-state index is 0.377. The number of rotatable bonds is 3. The number of nitrogens with two attached hydrogens (primary N) is 1. The normalized spacial score (nSPS) is 10.7. The lowest BCUT2D eigenvalue weighted by molar-refractivity contribution is 0.307. The molecule has 0 aliphatic heterocycles. The average Bonchev–Trinajstić information content (AvgIpc) is 2.48. The van der Waals surface area contributed by atoms with Crippen LogP contribution in [0.5, 0.6) is 5.75 Å². The number of pyridine rings is 1. The summed E-state index contributed by atoms with van der Waals surface area (Å²) in [6, 6.07) is 15.1. The van der Waals surface area contributed by atoms with Crippen molar-refractivity contribution in [2.75, 3.05) is 5.73 Å². The summed E-state index contributed by atoms with van der Waals surface area (Å²) in [4.78, 5) is 4.30. The molecule has 0 spiro atoms. The number of anilines is 1. The molecule has 0 unspecified atom stereocenters. The van der Waals surface area contributed by atoms with Crippen LogP contribution in [0.1, 0.15) is 5.56 Å². The zero-order valence-electron chi connectivity index (χ0n) is 10.7. The lowest BCUT2D eigenvalue weighted by Gasteiger charge is -2.09. The maximum atomic E-state index is 6.11. The van der Waals surface area contributed by atoms with Gasteiger partial charge in [0, 0.05) is 33.9 Å². The van der Waals surface area contributed by atoms with Crippen LogP contribution in [0.15, 0.2) is 54.7 Å². The van der Waals surface area contributed by atoms with E-state index in [1.165, 1.54) is 0 Å². The molecule has 20 heavy (non-hydrogen) atoms. The number of ether oxygens (including phenoxy) is 1. The Labute approximate surface area is 122 Å². The van der Waals surface area contributed by atoms with Crippen molar-refractivity contribution in [2.45, 2.75) is 6.61 Å². The first-order valence-corrected chi connectivity index (χ1v) is 6.62. The highest BCUT2D eigenvalue weighted by molar-refractivity contribution is 6.31. The van der Waals surface area contributed by atoms with Gasteiger partial charge in [0.25, 0.3) is 0 Å². The Morgan fingerprint density at radius 3 is 2.90 bits per heavy atom. The third-order valence-corrected chi connectivity index (χ3v) is 3.41. The van der Waals surface area contributed by atoms with Crippen molar-refractivity contribution in [2.24, 2.45) is 0 Å². The molecule has 0 fully saturated rings. The van der Waals surface area contributed by atoms with Gasteiger partial charge in [0.05, 0.1) is 5.52 Å². The number of nitrogens with zero attached hydrogens (tertiary/aromatic N) is 1. The Morgan fingerprint density at radius 2 is 2.00 bits per heavy atom. The molecule has 1 aromatic heterocycles. The molecule has 3 aromatic rings. The van der Waals surface area contributed by atoms with Crippen molar-refractivity contribution in [1.82, 2.24) is 4.98 Å². The molecule has 3 nitrogen and oxygen atoms in total. The Hall–Kier alpha value is -2.26. The molecule has 0 aliphatic carbocycles. The Morgan fingerprint density at radius 1 is 1.10 bits per heavy atom. The van der Waals surface area contributed by atoms with Crippen molar-refractivity contribution in [3.8, 4) is 5.75 Å². The van der Waals surface area contributed by atoms with E-state index in [2.05, 4.69) is 4.98 Å². The average molecular weight is 285 g/mol. The zero-order valence-corrected chi connectivity index (χ0v) is 11.5. The lowest BCUT2D eigenvalue weighted by Crippen LogP contribution is -1.98. The molecule has 0 radical (unpaired) electrons. The second-order valence-electron chi connectivity index (χ2n) is 4.50. The first kappa shape index (κ1) is 12.8. The highest BCUT2D eigenvalue weighted by atomic mass is 35.5. The number of fused-ring (bicyclic) bond motifs is 1. The maximum Gasteiger partial charge on any atom is 0.122 e. The molecule has 2 N–H and O–H groups in total. The van der Waals surface area contributed by atoms with Gasteiger partial charge in [-0.2, -0.15) is 0 Å². The number of aromatic nitrogens is 1. The van der Waals surface area contributed by atoms with Crippen LogP contribution < -0.4 is 10.5 Å². The molecule has 0 amide bonds. The number of hydrogen-bond donors (Lipinski definition) is 1. The minimum absolute atomic E-state index is 0.377. The summed E-state index contributed by atoms with van der Waals surface area (Å²) in [6.07, 6.45) is 1.76. The third-order valence-electron chi connectivity index (χ3n) is 3.04. The molecule has 0 bridgehead atoms. The highest BCUT2D eigenvalue weighted by Crippen LogP contribution is 2.23. The summed E-state index contributed by atoms with van der Waals surface area (Å²) in [5.41, 5.74) is 8.20. The van der Waals surface area contributed by atoms with Gasteiger partial charge in [-0.25, -0.2) is 0 Å². The Balaban J connectivity index is 1.81. The quantitative estimate of drug-likeness (QED) is 0.738. The number of benzene rings is 2. The smallest absolute Gasteiger partial charge is 0.122 e. The van der Waals surface area contributed by atoms with E-state index in [1.54, 1.807) is 18.3 Å². The van der Waals surface area contributed by atoms with Crippen LogP contribution in [0.3, 0.4) is 0 Å². The van der Waals surface area contributed by atoms with E-state index in [0.717, 1.165) is 22.2 Å². The summed E-state index contributed by atoms with van der Waals surface area (Å²) < 4.78 is 5.76. The summed E-state index contributed by atoms with van der Waals surface area (Å²) in [5.74, 6) is 0.759. The van der Waals surface area contributed by atoms with Crippen LogP contribution in [-0.2, 0) is 6.61 Å². The second-order valence-corrected chi connectivity index (χ2v) is 4.90. The van der Waals surface area contributed by atoms with Gasteiger partial charge in [-0.1, -0.05) is 17.7 Å². The molecule has 1 heterocycles. The van der Waals surface area contributed by atoms with Crippen LogP contribution in [0.25, 0.3) is 10.9 Å². The van der Waals surface area contributed by atoms with E-state index >= 15 is 0 Å². The fraction of sp³-hybridized carbons (Fsp3) is 0.0625. The first-order valence-electron chi connectivity index (χ1n) is 6.24. The van der Waals surface area contributed by atoms with Crippen molar-refractivity contribution >= 4 is 28.2 Å². The molecule has 0 saturated carbocycles. The van der Waals surface area contributed by atoms with Gasteiger partial charge in [0.1, 0.15) is 12.4 Å². The summed E-state index contributed by atoms with van der Waals surface area (Å²) >= 11 is 6.11. The monoisotopic (exact) mass is 284 g/mol. The first-order chi connectivity index (χ1) is 9.72. The highest BCUT2D eigenvalue weighted by Gasteiger charge is 2.03. The van der Waals surface area contributed by atoms with Crippen molar-refractivity contribution in [1.29, 1.82) is 0 Å². The fourth-order valence-electron chi connectivity index (χ4n) is 2.00. The van der Waals surface area contributed by atoms with Gasteiger partial charge >= 0.3 is 0 Å². The number of hydrogen-bond acceptors (Lipinski definition) is 3. The van der Waals surface area contributed by atoms with E-state index in [1.807, 2.05) is 36.4 Å². The largest absolute Gasteiger partial charge is 0.489 e. The van der Waals surface area contributed by atoms with Crippen molar-refractivity contribution in [3.05, 3.63) is 65.3 Å². The maximum absolute atomic E-state index is 6.11. The fourth-order valence-corrected chi connectivity index (χ4v) is 2.17. The molecule has 4 heteroatoms. The van der Waals surface area contributed by atoms with E-state index in [-0.39, 0.29) is 0 Å². The molecular weight excluding hydrogens is 272 g/mol. The summed E-state index contributed by atoms with van der Waals surface area (Å²) in [7, 11) is 0. The minimum Gasteiger partial charge on any atom is -0.489 e. The summed E-state index contributed by atoms with van der Waals surface area (Å²) in [5, 5.41) is 1.74. The SMILES string of the molecule is Nc1ccc(Cl)c(COc2ccc3cccnc3c2)c1. The molecule has 0 aliphatic rings. The predicted molar refractivity (Wildman–Crippen MR) is 81.9 cm³/mol. The molecular formula is C16H13ClN2O. The molecule has 100 valence electrons. The van der Waals surface area contributed by atoms with E-state index in [0.29, 0.717) is 17.3 Å². The van der Waals surface area contributed by atoms with Gasteiger partial charge in [0.2, 0.25) is 0 Å².